The highest BCUT2D eigenvalue weighted by Gasteiger charge is 2.27. The van der Waals surface area contributed by atoms with E-state index in [1.807, 2.05) is 0 Å². The summed E-state index contributed by atoms with van der Waals surface area (Å²) in [4.78, 5) is 25.4. The Kier molecular flexibility index (Phi) is 29.2. The maximum absolute atomic E-state index is 12.7. The standard InChI is InChI=1S/C42H82N2O2/c1-37(2)31-25-21-17-13-9-5-7-11-15-19-23-27-35-41(45)43-39-33-29-30-34-40(39)44-42(46)36-28-24-20-16-12-8-6-10-14-18-22-26-32-38(3)4/h37-40H,5-36H2,1-4H3,(H,43,45)(H,44,46)/t39-,40-/m1/s1. The highest BCUT2D eigenvalue weighted by Crippen LogP contribution is 2.20. The van der Waals surface area contributed by atoms with Gasteiger partial charge >= 0.3 is 0 Å². The molecule has 0 spiro atoms. The van der Waals surface area contributed by atoms with Crippen LogP contribution in [0.3, 0.4) is 0 Å². The van der Waals surface area contributed by atoms with Gasteiger partial charge in [0.25, 0.3) is 0 Å². The minimum absolute atomic E-state index is 0.112. The third kappa shape index (κ3) is 28.0. The fourth-order valence-electron chi connectivity index (χ4n) is 7.25. The van der Waals surface area contributed by atoms with Crippen LogP contribution in [0.4, 0.5) is 0 Å². The average Bonchev–Trinajstić information content (AvgIpc) is 3.02. The van der Waals surface area contributed by atoms with Crippen LogP contribution in [0, 0.1) is 11.8 Å². The van der Waals surface area contributed by atoms with Crippen molar-refractivity contribution >= 4 is 11.8 Å². The van der Waals surface area contributed by atoms with Crippen molar-refractivity contribution in [2.45, 2.75) is 245 Å². The second kappa shape index (κ2) is 31.2. The summed E-state index contributed by atoms with van der Waals surface area (Å²) in [5, 5.41) is 6.58. The number of hydrogen-bond donors (Lipinski definition) is 2. The van der Waals surface area contributed by atoms with Gasteiger partial charge in [-0.25, -0.2) is 0 Å². The van der Waals surface area contributed by atoms with Crippen molar-refractivity contribution in [3.63, 3.8) is 0 Å². The first-order valence-electron chi connectivity index (χ1n) is 21.0. The van der Waals surface area contributed by atoms with Gasteiger partial charge in [0.1, 0.15) is 0 Å². The van der Waals surface area contributed by atoms with Crippen molar-refractivity contribution in [2.75, 3.05) is 0 Å². The zero-order chi connectivity index (χ0) is 33.5. The van der Waals surface area contributed by atoms with Gasteiger partial charge in [-0.05, 0) is 37.5 Å². The van der Waals surface area contributed by atoms with Gasteiger partial charge in [-0.3, -0.25) is 9.59 Å². The van der Waals surface area contributed by atoms with Crippen LogP contribution in [0.2, 0.25) is 0 Å². The fraction of sp³-hybridized carbons (Fsp3) is 0.952. The Morgan fingerprint density at radius 3 is 0.913 bits per heavy atom. The molecule has 272 valence electrons. The van der Waals surface area contributed by atoms with Crippen molar-refractivity contribution in [1.82, 2.24) is 10.6 Å². The molecule has 1 aliphatic carbocycles. The molecule has 0 bridgehead atoms. The molecule has 0 saturated heterocycles. The molecule has 2 N–H and O–H groups in total. The number of carbonyl (C=O) groups excluding carboxylic acids is 2. The lowest BCUT2D eigenvalue weighted by Gasteiger charge is -2.33. The minimum Gasteiger partial charge on any atom is -0.351 e. The molecule has 0 aromatic carbocycles. The maximum Gasteiger partial charge on any atom is 0.220 e. The van der Waals surface area contributed by atoms with Crippen molar-refractivity contribution in [1.29, 1.82) is 0 Å². The second-order valence-electron chi connectivity index (χ2n) is 16.0. The van der Waals surface area contributed by atoms with Crippen LogP contribution in [0.5, 0.6) is 0 Å². The van der Waals surface area contributed by atoms with Crippen LogP contribution >= 0.6 is 0 Å². The molecule has 2 amide bonds. The summed E-state index contributed by atoms with van der Waals surface area (Å²) in [5.41, 5.74) is 0. The summed E-state index contributed by atoms with van der Waals surface area (Å²) >= 11 is 0. The minimum atomic E-state index is 0.112. The number of carbonyl (C=O) groups is 2. The molecule has 46 heavy (non-hydrogen) atoms. The third-order valence-corrected chi connectivity index (χ3v) is 10.3. The molecule has 4 heteroatoms. The number of nitrogens with one attached hydrogen (secondary N) is 2. The molecule has 0 unspecified atom stereocenters. The van der Waals surface area contributed by atoms with Gasteiger partial charge in [0.15, 0.2) is 0 Å². The van der Waals surface area contributed by atoms with Crippen molar-refractivity contribution in [2.24, 2.45) is 11.8 Å². The molecule has 2 atom stereocenters. The largest absolute Gasteiger partial charge is 0.351 e. The predicted molar refractivity (Wildman–Crippen MR) is 201 cm³/mol. The van der Waals surface area contributed by atoms with E-state index in [1.54, 1.807) is 0 Å². The summed E-state index contributed by atoms with van der Waals surface area (Å²) in [6.07, 6.45) is 40.1. The van der Waals surface area contributed by atoms with E-state index in [4.69, 9.17) is 0 Å². The molecular weight excluding hydrogens is 564 g/mol. The number of amides is 2. The van der Waals surface area contributed by atoms with Gasteiger partial charge in [0, 0.05) is 24.9 Å². The first-order valence-corrected chi connectivity index (χ1v) is 21.0. The summed E-state index contributed by atoms with van der Waals surface area (Å²) < 4.78 is 0. The van der Waals surface area contributed by atoms with Crippen LogP contribution in [0.15, 0.2) is 0 Å². The van der Waals surface area contributed by atoms with Crippen LogP contribution in [-0.2, 0) is 9.59 Å². The van der Waals surface area contributed by atoms with Crippen LogP contribution in [0.25, 0.3) is 0 Å². The maximum atomic E-state index is 12.7. The lowest BCUT2D eigenvalue weighted by Crippen LogP contribution is -2.53. The van der Waals surface area contributed by atoms with Gasteiger partial charge in [-0.1, -0.05) is 195 Å². The van der Waals surface area contributed by atoms with Gasteiger partial charge in [-0.2, -0.15) is 0 Å². The van der Waals surface area contributed by atoms with Gasteiger partial charge in [0.05, 0.1) is 0 Å². The summed E-state index contributed by atoms with van der Waals surface area (Å²) in [6.45, 7) is 9.30. The van der Waals surface area contributed by atoms with Crippen LogP contribution < -0.4 is 10.6 Å². The van der Waals surface area contributed by atoms with Gasteiger partial charge in [0.2, 0.25) is 11.8 Å². The molecule has 0 aliphatic heterocycles. The molecule has 4 nitrogen and oxygen atoms in total. The van der Waals surface area contributed by atoms with E-state index in [1.165, 1.54) is 141 Å². The topological polar surface area (TPSA) is 58.2 Å². The molecular formula is C42H82N2O2. The van der Waals surface area contributed by atoms with Gasteiger partial charge in [-0.15, -0.1) is 0 Å². The van der Waals surface area contributed by atoms with E-state index in [9.17, 15) is 9.59 Å². The summed E-state index contributed by atoms with van der Waals surface area (Å²) in [5.74, 6) is 2.08. The van der Waals surface area contributed by atoms with E-state index in [0.29, 0.717) is 12.8 Å². The lowest BCUT2D eigenvalue weighted by molar-refractivity contribution is -0.125. The first-order chi connectivity index (χ1) is 22.4. The fourth-order valence-corrected chi connectivity index (χ4v) is 7.25. The Hall–Kier alpha value is -1.06. The Bertz CT molecular complexity index is 633. The highest BCUT2D eigenvalue weighted by atomic mass is 16.2. The quantitative estimate of drug-likeness (QED) is 0.0714. The van der Waals surface area contributed by atoms with E-state index in [2.05, 4.69) is 38.3 Å². The van der Waals surface area contributed by atoms with E-state index in [0.717, 1.165) is 63.2 Å². The number of rotatable bonds is 32. The normalized spacial score (nSPS) is 16.7. The predicted octanol–water partition coefficient (Wildman–Crippen LogP) is 12.8. The Morgan fingerprint density at radius 1 is 0.413 bits per heavy atom. The summed E-state index contributed by atoms with van der Waals surface area (Å²) in [7, 11) is 0. The summed E-state index contributed by atoms with van der Waals surface area (Å²) in [6, 6.07) is 0.223. The second-order valence-corrected chi connectivity index (χ2v) is 16.0. The zero-order valence-corrected chi connectivity index (χ0v) is 31.8. The smallest absolute Gasteiger partial charge is 0.220 e. The van der Waals surface area contributed by atoms with Crippen molar-refractivity contribution in [3.8, 4) is 0 Å². The molecule has 0 heterocycles. The highest BCUT2D eigenvalue weighted by molar-refractivity contribution is 5.77. The lowest BCUT2D eigenvalue weighted by atomic mass is 9.90. The average molecular weight is 647 g/mol. The molecule has 1 aliphatic rings. The Morgan fingerprint density at radius 2 is 0.652 bits per heavy atom. The molecule has 1 fully saturated rings. The van der Waals surface area contributed by atoms with E-state index in [-0.39, 0.29) is 23.9 Å². The molecule has 1 saturated carbocycles. The molecule has 1 rings (SSSR count). The van der Waals surface area contributed by atoms with E-state index < -0.39 is 0 Å². The SMILES string of the molecule is CC(C)CCCCCCCCCCCCCCC(=O)N[C@@H]1CCCC[C@H]1NC(=O)CCCCCCCCCCCCCCC(C)C. The van der Waals surface area contributed by atoms with E-state index >= 15 is 0 Å². The Balaban J connectivity index is 1.97. The zero-order valence-electron chi connectivity index (χ0n) is 31.8. The third-order valence-electron chi connectivity index (χ3n) is 10.3. The number of hydrogen-bond acceptors (Lipinski definition) is 2. The molecule has 0 radical (unpaired) electrons. The van der Waals surface area contributed by atoms with Crippen molar-refractivity contribution < 1.29 is 9.59 Å². The molecule has 0 aromatic rings. The molecule has 0 aromatic heterocycles. The Labute approximate surface area is 288 Å². The monoisotopic (exact) mass is 647 g/mol. The first kappa shape index (κ1) is 43.0. The van der Waals surface area contributed by atoms with Crippen molar-refractivity contribution in [3.05, 3.63) is 0 Å². The number of unbranched alkanes of at least 4 members (excludes halogenated alkanes) is 22. The van der Waals surface area contributed by atoms with Crippen LogP contribution in [0.1, 0.15) is 233 Å². The van der Waals surface area contributed by atoms with Crippen LogP contribution in [-0.4, -0.2) is 23.9 Å². The van der Waals surface area contributed by atoms with Gasteiger partial charge < -0.3 is 10.6 Å².